The predicted octanol–water partition coefficient (Wildman–Crippen LogP) is 1.77. The maximum atomic E-state index is 11.7. The molecule has 1 aromatic carbocycles. The Morgan fingerprint density at radius 2 is 2.10 bits per heavy atom. The molecular formula is C14H21N3O4. The number of nitro benzene ring substituents is 1. The van der Waals surface area contributed by atoms with E-state index in [9.17, 15) is 20.0 Å². The molecule has 1 rings (SSSR count). The lowest BCUT2D eigenvalue weighted by molar-refractivity contribution is -0.384. The van der Waals surface area contributed by atoms with E-state index in [1.54, 1.807) is 6.92 Å². The van der Waals surface area contributed by atoms with Crippen LogP contribution in [-0.2, 0) is 0 Å². The molecule has 7 heteroatoms. The number of nitrogens with zero attached hydrogens (tertiary/aromatic N) is 1. The van der Waals surface area contributed by atoms with Crippen molar-refractivity contribution in [1.82, 2.24) is 5.32 Å². The summed E-state index contributed by atoms with van der Waals surface area (Å²) in [5.41, 5.74) is 0.334. The number of nitrogens with one attached hydrogen (secondary N) is 2. The third kappa shape index (κ3) is 4.71. The van der Waals surface area contributed by atoms with E-state index in [4.69, 9.17) is 0 Å². The molecule has 1 unspecified atom stereocenters. The zero-order valence-corrected chi connectivity index (χ0v) is 12.4. The highest BCUT2D eigenvalue weighted by Gasteiger charge is 2.18. The summed E-state index contributed by atoms with van der Waals surface area (Å²) in [6.45, 7) is 6.15. The Kier molecular flexibility index (Phi) is 6.10. The van der Waals surface area contributed by atoms with Crippen LogP contribution in [0.1, 0.15) is 31.1 Å². The zero-order chi connectivity index (χ0) is 16.0. The molecule has 0 heterocycles. The molecule has 0 aliphatic rings. The predicted molar refractivity (Wildman–Crippen MR) is 80.4 cm³/mol. The van der Waals surface area contributed by atoms with E-state index in [-0.39, 0.29) is 35.3 Å². The number of hydrogen-bond donors (Lipinski definition) is 3. The summed E-state index contributed by atoms with van der Waals surface area (Å²) >= 11 is 0. The molecule has 116 valence electrons. The summed E-state index contributed by atoms with van der Waals surface area (Å²) in [4.78, 5) is 22.2. The molecule has 0 aromatic heterocycles. The van der Waals surface area contributed by atoms with Crippen molar-refractivity contribution in [1.29, 1.82) is 0 Å². The Hall–Kier alpha value is -2.15. The summed E-state index contributed by atoms with van der Waals surface area (Å²) in [5.74, 6) is -0.305. The highest BCUT2D eigenvalue weighted by molar-refractivity contribution is 5.95. The van der Waals surface area contributed by atoms with E-state index in [2.05, 4.69) is 10.6 Å². The number of rotatable bonds is 7. The molecule has 0 bridgehead atoms. The van der Waals surface area contributed by atoms with Crippen LogP contribution in [0, 0.1) is 16.0 Å². The normalized spacial score (nSPS) is 12.0. The maximum Gasteiger partial charge on any atom is 0.293 e. The van der Waals surface area contributed by atoms with Crippen LogP contribution in [0.3, 0.4) is 0 Å². The molecule has 0 aliphatic carbocycles. The van der Waals surface area contributed by atoms with Gasteiger partial charge in [0.05, 0.1) is 11.0 Å². The topological polar surface area (TPSA) is 104 Å². The van der Waals surface area contributed by atoms with E-state index in [1.807, 2.05) is 13.8 Å². The van der Waals surface area contributed by atoms with Crippen molar-refractivity contribution in [2.24, 2.45) is 5.92 Å². The average molecular weight is 295 g/mol. The standard InChI is InChI=1S/C14H21N3O4/c1-4-15-14(19)10-5-6-11(12(7-10)17(20)21)16-8-13(18)9(2)3/h5-7,9,13,16,18H,4,8H2,1-3H3,(H,15,19). The minimum absolute atomic E-state index is 0.0474. The van der Waals surface area contributed by atoms with E-state index in [0.29, 0.717) is 6.54 Å². The molecule has 0 aliphatic heterocycles. The van der Waals surface area contributed by atoms with Gasteiger partial charge in [-0.25, -0.2) is 0 Å². The molecular weight excluding hydrogens is 274 g/mol. The third-order valence-electron chi connectivity index (χ3n) is 3.07. The number of anilines is 1. The second-order valence-corrected chi connectivity index (χ2v) is 5.04. The van der Waals surface area contributed by atoms with Crippen LogP contribution in [0.5, 0.6) is 0 Å². The first-order chi connectivity index (χ1) is 9.86. The number of aliphatic hydroxyl groups is 1. The number of hydrogen-bond acceptors (Lipinski definition) is 5. The van der Waals surface area contributed by atoms with Gasteiger partial charge in [0.25, 0.3) is 11.6 Å². The van der Waals surface area contributed by atoms with Gasteiger partial charge in [0, 0.05) is 24.7 Å². The lowest BCUT2D eigenvalue weighted by Crippen LogP contribution is -2.25. The Balaban J connectivity index is 2.94. The lowest BCUT2D eigenvalue weighted by atomic mass is 10.1. The van der Waals surface area contributed by atoms with Gasteiger partial charge in [-0.3, -0.25) is 14.9 Å². The van der Waals surface area contributed by atoms with Crippen LogP contribution < -0.4 is 10.6 Å². The van der Waals surface area contributed by atoms with Gasteiger partial charge in [-0.05, 0) is 25.0 Å². The molecule has 7 nitrogen and oxygen atoms in total. The Labute approximate surface area is 123 Å². The smallest absolute Gasteiger partial charge is 0.293 e. The van der Waals surface area contributed by atoms with Crippen molar-refractivity contribution in [3.8, 4) is 0 Å². The van der Waals surface area contributed by atoms with Crippen molar-refractivity contribution in [2.75, 3.05) is 18.4 Å². The third-order valence-corrected chi connectivity index (χ3v) is 3.07. The average Bonchev–Trinajstić information content (AvgIpc) is 2.44. The van der Waals surface area contributed by atoms with Crippen molar-refractivity contribution >= 4 is 17.3 Å². The number of nitro groups is 1. The van der Waals surface area contributed by atoms with E-state index in [0.717, 1.165) is 0 Å². The van der Waals surface area contributed by atoms with Gasteiger partial charge in [0.2, 0.25) is 0 Å². The van der Waals surface area contributed by atoms with Crippen LogP contribution in [0.4, 0.5) is 11.4 Å². The number of carbonyl (C=O) groups excluding carboxylic acids is 1. The molecule has 1 aromatic rings. The van der Waals surface area contributed by atoms with Gasteiger partial charge in [0.15, 0.2) is 0 Å². The van der Waals surface area contributed by atoms with Gasteiger partial charge in [-0.2, -0.15) is 0 Å². The van der Waals surface area contributed by atoms with Crippen molar-refractivity contribution in [3.05, 3.63) is 33.9 Å². The molecule has 1 atom stereocenters. The monoisotopic (exact) mass is 295 g/mol. The van der Waals surface area contributed by atoms with Gasteiger partial charge < -0.3 is 15.7 Å². The first kappa shape index (κ1) is 16.9. The van der Waals surface area contributed by atoms with E-state index in [1.165, 1.54) is 18.2 Å². The highest BCUT2D eigenvalue weighted by atomic mass is 16.6. The quantitative estimate of drug-likeness (QED) is 0.525. The largest absolute Gasteiger partial charge is 0.391 e. The molecule has 0 fully saturated rings. The molecule has 0 radical (unpaired) electrons. The first-order valence-electron chi connectivity index (χ1n) is 6.85. The second kappa shape index (κ2) is 7.58. The SMILES string of the molecule is CCNC(=O)c1ccc(NCC(O)C(C)C)c([N+](=O)[O-])c1. The Morgan fingerprint density at radius 3 is 2.62 bits per heavy atom. The Morgan fingerprint density at radius 1 is 1.43 bits per heavy atom. The molecule has 21 heavy (non-hydrogen) atoms. The molecule has 0 saturated carbocycles. The highest BCUT2D eigenvalue weighted by Crippen LogP contribution is 2.25. The lowest BCUT2D eigenvalue weighted by Gasteiger charge is -2.16. The fourth-order valence-corrected chi connectivity index (χ4v) is 1.69. The number of aliphatic hydroxyl groups excluding tert-OH is 1. The molecule has 0 saturated heterocycles. The number of amides is 1. The maximum absolute atomic E-state index is 11.7. The fraction of sp³-hybridized carbons (Fsp3) is 0.500. The molecule has 0 spiro atoms. The second-order valence-electron chi connectivity index (χ2n) is 5.04. The Bertz CT molecular complexity index is 517. The zero-order valence-electron chi connectivity index (χ0n) is 12.4. The summed E-state index contributed by atoms with van der Waals surface area (Å²) in [7, 11) is 0. The molecule has 3 N–H and O–H groups in total. The van der Waals surface area contributed by atoms with Gasteiger partial charge in [-0.15, -0.1) is 0 Å². The summed E-state index contributed by atoms with van der Waals surface area (Å²) in [6, 6.07) is 4.23. The van der Waals surface area contributed by atoms with Crippen molar-refractivity contribution in [2.45, 2.75) is 26.9 Å². The van der Waals surface area contributed by atoms with Crippen molar-refractivity contribution in [3.63, 3.8) is 0 Å². The van der Waals surface area contributed by atoms with Gasteiger partial charge >= 0.3 is 0 Å². The first-order valence-corrected chi connectivity index (χ1v) is 6.85. The summed E-state index contributed by atoms with van der Waals surface area (Å²) in [5, 5.41) is 26.3. The van der Waals surface area contributed by atoms with Crippen LogP contribution >= 0.6 is 0 Å². The van der Waals surface area contributed by atoms with Gasteiger partial charge in [-0.1, -0.05) is 13.8 Å². The van der Waals surface area contributed by atoms with E-state index >= 15 is 0 Å². The summed E-state index contributed by atoms with van der Waals surface area (Å²) < 4.78 is 0. The number of carbonyl (C=O) groups is 1. The van der Waals surface area contributed by atoms with Crippen LogP contribution in [0.25, 0.3) is 0 Å². The minimum Gasteiger partial charge on any atom is -0.391 e. The van der Waals surface area contributed by atoms with Gasteiger partial charge in [0.1, 0.15) is 5.69 Å². The van der Waals surface area contributed by atoms with E-state index < -0.39 is 11.0 Å². The molecule has 1 amide bonds. The van der Waals surface area contributed by atoms with Crippen LogP contribution in [-0.4, -0.2) is 35.1 Å². The minimum atomic E-state index is -0.604. The van der Waals surface area contributed by atoms with Crippen LogP contribution in [0.15, 0.2) is 18.2 Å². The number of benzene rings is 1. The van der Waals surface area contributed by atoms with Crippen molar-refractivity contribution < 1.29 is 14.8 Å². The van der Waals surface area contributed by atoms with Crippen LogP contribution in [0.2, 0.25) is 0 Å². The fourth-order valence-electron chi connectivity index (χ4n) is 1.69. The summed E-state index contributed by atoms with van der Waals surface area (Å²) in [6.07, 6.45) is -0.604.